The molecule has 2 aromatic carbocycles. The maximum Gasteiger partial charge on any atom is 0.305 e. The Morgan fingerprint density at radius 2 is 1.52 bits per heavy atom. The number of carboxylic acids is 1. The summed E-state index contributed by atoms with van der Waals surface area (Å²) in [5.74, 6) is -1.43. The number of carboxylic acid groups (broad SMARTS) is 1. The molecule has 0 saturated carbocycles. The van der Waals surface area contributed by atoms with Crippen LogP contribution in [0.25, 0.3) is 0 Å². The number of aliphatic carboxylic acids is 1. The fraction of sp³-hybridized carbons (Fsp3) is 0.333. The van der Waals surface area contributed by atoms with Gasteiger partial charge in [-0.15, -0.1) is 0 Å². The molecular weight excluding hydrogens is 442 g/mol. The van der Waals surface area contributed by atoms with Gasteiger partial charge in [-0.3, -0.25) is 19.2 Å². The molecule has 0 heterocycles. The molecule has 0 aliphatic carbocycles. The van der Waals surface area contributed by atoms with E-state index < -0.39 is 17.8 Å². The minimum atomic E-state index is -1.06. The number of amides is 3. The molecule has 9 heteroatoms. The zero-order chi connectivity index (χ0) is 24.1. The fourth-order valence-electron chi connectivity index (χ4n) is 3.10. The molecule has 0 aliphatic rings. The van der Waals surface area contributed by atoms with Gasteiger partial charge in [-0.05, 0) is 42.7 Å². The van der Waals surface area contributed by atoms with Crippen molar-refractivity contribution in [2.75, 3.05) is 43.5 Å². The number of nitrogens with zero attached hydrogens (tertiary/aromatic N) is 2. The quantitative estimate of drug-likeness (QED) is 0.435. The second-order valence-electron chi connectivity index (χ2n) is 7.31. The number of para-hydroxylation sites is 1. The Hall–Kier alpha value is -3.33. The Morgan fingerprint density at radius 1 is 0.879 bits per heavy atom. The average molecular weight is 472 g/mol. The zero-order valence-electron chi connectivity index (χ0n) is 18.6. The molecule has 0 fully saturated rings. The maximum absolute atomic E-state index is 13.1. The van der Waals surface area contributed by atoms with E-state index >= 15 is 0 Å². The second kappa shape index (κ2) is 13.9. The van der Waals surface area contributed by atoms with Gasteiger partial charge in [-0.2, -0.15) is 11.8 Å². The van der Waals surface area contributed by atoms with E-state index in [-0.39, 0.29) is 32.0 Å². The Morgan fingerprint density at radius 3 is 2.12 bits per heavy atom. The predicted molar refractivity (Wildman–Crippen MR) is 129 cm³/mol. The Kier molecular flexibility index (Phi) is 11.0. The summed E-state index contributed by atoms with van der Waals surface area (Å²) in [5, 5.41) is 11.8. The van der Waals surface area contributed by atoms with Gasteiger partial charge in [-0.1, -0.05) is 36.4 Å². The Labute approximate surface area is 198 Å². The van der Waals surface area contributed by atoms with Crippen molar-refractivity contribution in [1.82, 2.24) is 9.80 Å². The second-order valence-corrected chi connectivity index (χ2v) is 8.30. The molecular formula is C24H29N3O5S. The van der Waals surface area contributed by atoms with Crippen LogP contribution in [0.2, 0.25) is 0 Å². The van der Waals surface area contributed by atoms with Crippen LogP contribution in [0.3, 0.4) is 0 Å². The van der Waals surface area contributed by atoms with Crippen molar-refractivity contribution in [2.45, 2.75) is 12.8 Å². The third kappa shape index (κ3) is 9.36. The monoisotopic (exact) mass is 471 g/mol. The minimum Gasteiger partial charge on any atom is -0.481 e. The fourth-order valence-corrected chi connectivity index (χ4v) is 3.51. The Bertz CT molecular complexity index is 924. The van der Waals surface area contributed by atoms with Crippen LogP contribution in [-0.4, -0.2) is 76.8 Å². The van der Waals surface area contributed by atoms with Crippen LogP contribution < -0.4 is 5.32 Å². The third-order valence-corrected chi connectivity index (χ3v) is 5.45. The smallest absolute Gasteiger partial charge is 0.305 e. The van der Waals surface area contributed by atoms with Gasteiger partial charge in [0.1, 0.15) is 6.54 Å². The number of hydrogen-bond donors (Lipinski definition) is 2. The third-order valence-electron chi connectivity index (χ3n) is 4.75. The first-order valence-corrected chi connectivity index (χ1v) is 12.0. The molecule has 33 heavy (non-hydrogen) atoms. The molecule has 8 nitrogen and oxygen atoms in total. The van der Waals surface area contributed by atoms with Gasteiger partial charge >= 0.3 is 5.97 Å². The highest BCUT2D eigenvalue weighted by Gasteiger charge is 2.24. The molecule has 176 valence electrons. The van der Waals surface area contributed by atoms with Crippen molar-refractivity contribution in [2.24, 2.45) is 0 Å². The average Bonchev–Trinajstić information content (AvgIpc) is 2.81. The highest BCUT2D eigenvalue weighted by Crippen LogP contribution is 2.09. The number of carbonyl (C=O) groups excluding carboxylic acids is 3. The van der Waals surface area contributed by atoms with E-state index in [0.717, 1.165) is 5.75 Å². The lowest BCUT2D eigenvalue weighted by atomic mass is 10.2. The minimum absolute atomic E-state index is 0.107. The van der Waals surface area contributed by atoms with E-state index in [1.54, 1.807) is 66.4 Å². The molecule has 0 radical (unpaired) electrons. The van der Waals surface area contributed by atoms with Gasteiger partial charge in [0.25, 0.3) is 5.91 Å². The van der Waals surface area contributed by atoms with Crippen molar-refractivity contribution >= 4 is 41.1 Å². The molecule has 0 saturated heterocycles. The van der Waals surface area contributed by atoms with Crippen LogP contribution in [-0.2, 0) is 14.4 Å². The summed E-state index contributed by atoms with van der Waals surface area (Å²) < 4.78 is 0. The first-order valence-electron chi connectivity index (χ1n) is 10.6. The standard InChI is InChI=1S/C24H29N3O5S/c1-33-16-8-14-26(17-21(28)25-20-11-6-3-7-12-20)22(29)18-27(15-13-23(30)31)24(32)19-9-4-2-5-10-19/h2-7,9-12H,8,13-18H2,1H3,(H,25,28)(H,30,31). The lowest BCUT2D eigenvalue weighted by Gasteiger charge is -2.27. The lowest BCUT2D eigenvalue weighted by Crippen LogP contribution is -2.46. The highest BCUT2D eigenvalue weighted by atomic mass is 32.2. The van der Waals surface area contributed by atoms with Crippen molar-refractivity contribution in [3.05, 3.63) is 66.2 Å². The molecule has 0 bridgehead atoms. The number of anilines is 1. The topological polar surface area (TPSA) is 107 Å². The van der Waals surface area contributed by atoms with Gasteiger partial charge in [0.05, 0.1) is 13.0 Å². The molecule has 2 N–H and O–H groups in total. The van der Waals surface area contributed by atoms with Crippen LogP contribution >= 0.6 is 11.8 Å². The number of rotatable bonds is 13. The molecule has 0 aromatic heterocycles. The first kappa shape index (κ1) is 25.9. The maximum atomic E-state index is 13.1. The molecule has 0 spiro atoms. The van der Waals surface area contributed by atoms with Crippen molar-refractivity contribution in [3.63, 3.8) is 0 Å². The van der Waals surface area contributed by atoms with E-state index in [2.05, 4.69) is 5.32 Å². The molecule has 2 rings (SSSR count). The largest absolute Gasteiger partial charge is 0.481 e. The van der Waals surface area contributed by atoms with Gasteiger partial charge in [0, 0.05) is 24.3 Å². The van der Waals surface area contributed by atoms with Gasteiger partial charge < -0.3 is 20.2 Å². The van der Waals surface area contributed by atoms with E-state index in [9.17, 15) is 19.2 Å². The number of carbonyl (C=O) groups is 4. The number of nitrogens with one attached hydrogen (secondary N) is 1. The summed E-state index contributed by atoms with van der Waals surface area (Å²) in [6, 6.07) is 17.3. The SMILES string of the molecule is CSCCCN(CC(=O)Nc1ccccc1)C(=O)CN(CCC(=O)O)C(=O)c1ccccc1. The first-order chi connectivity index (χ1) is 15.9. The van der Waals surface area contributed by atoms with Crippen LogP contribution in [0.15, 0.2) is 60.7 Å². The summed E-state index contributed by atoms with van der Waals surface area (Å²) in [6.07, 6.45) is 2.36. The van der Waals surface area contributed by atoms with Crippen molar-refractivity contribution in [1.29, 1.82) is 0 Å². The number of thioether (sulfide) groups is 1. The van der Waals surface area contributed by atoms with Crippen molar-refractivity contribution < 1.29 is 24.3 Å². The van der Waals surface area contributed by atoms with Crippen LogP contribution in [0.1, 0.15) is 23.2 Å². The van der Waals surface area contributed by atoms with E-state index in [4.69, 9.17) is 5.11 Å². The van der Waals surface area contributed by atoms with Crippen LogP contribution in [0.4, 0.5) is 5.69 Å². The number of benzene rings is 2. The highest BCUT2D eigenvalue weighted by molar-refractivity contribution is 7.98. The molecule has 0 unspecified atom stereocenters. The molecule has 2 aromatic rings. The van der Waals surface area contributed by atoms with Crippen LogP contribution in [0, 0.1) is 0 Å². The summed E-state index contributed by atoms with van der Waals surface area (Å²) in [5.41, 5.74) is 0.993. The Balaban J connectivity index is 2.11. The van der Waals surface area contributed by atoms with Crippen LogP contribution in [0.5, 0.6) is 0 Å². The number of hydrogen-bond acceptors (Lipinski definition) is 5. The molecule has 3 amide bonds. The van der Waals surface area contributed by atoms with E-state index in [1.807, 2.05) is 12.3 Å². The van der Waals surface area contributed by atoms with E-state index in [0.29, 0.717) is 24.2 Å². The molecule has 0 aliphatic heterocycles. The van der Waals surface area contributed by atoms with E-state index in [1.165, 1.54) is 9.80 Å². The van der Waals surface area contributed by atoms with Crippen molar-refractivity contribution in [3.8, 4) is 0 Å². The zero-order valence-corrected chi connectivity index (χ0v) is 19.4. The summed E-state index contributed by atoms with van der Waals surface area (Å²) in [6.45, 7) is -0.217. The predicted octanol–water partition coefficient (Wildman–Crippen LogP) is 2.82. The lowest BCUT2D eigenvalue weighted by molar-refractivity contribution is -0.138. The van der Waals surface area contributed by atoms with Gasteiger partial charge in [0.15, 0.2) is 0 Å². The van der Waals surface area contributed by atoms with Gasteiger partial charge in [0.2, 0.25) is 11.8 Å². The molecule has 0 atom stereocenters. The summed E-state index contributed by atoms with van der Waals surface area (Å²) >= 11 is 1.64. The normalized spacial score (nSPS) is 10.3. The summed E-state index contributed by atoms with van der Waals surface area (Å²) in [7, 11) is 0. The summed E-state index contributed by atoms with van der Waals surface area (Å²) in [4.78, 5) is 52.3. The van der Waals surface area contributed by atoms with Gasteiger partial charge in [-0.25, -0.2) is 0 Å².